The number of hydrogen-bond acceptors (Lipinski definition) is 3. The van der Waals surface area contributed by atoms with E-state index in [1.807, 2.05) is 78.9 Å². The summed E-state index contributed by atoms with van der Waals surface area (Å²) in [7, 11) is 0. The normalized spacial score (nSPS) is 10.7. The molecule has 3 nitrogen and oxygen atoms in total. The van der Waals surface area contributed by atoms with Crippen molar-refractivity contribution in [1.29, 1.82) is 0 Å². The molecule has 1 heterocycles. The molecule has 0 aliphatic rings. The zero-order valence-electron chi connectivity index (χ0n) is 14.2. The molecule has 26 heavy (non-hydrogen) atoms. The number of nitrogens with zero attached hydrogens (tertiary/aromatic N) is 1. The van der Waals surface area contributed by atoms with Gasteiger partial charge in [-0.15, -0.1) is 0 Å². The molecule has 0 atom stereocenters. The van der Waals surface area contributed by atoms with Crippen molar-refractivity contribution < 1.29 is 4.74 Å². The number of hydrogen-bond donors (Lipinski definition) is 1. The highest BCUT2D eigenvalue weighted by Crippen LogP contribution is 2.26. The Hall–Kier alpha value is -3.04. The Morgan fingerprint density at radius 1 is 0.808 bits per heavy atom. The maximum absolute atomic E-state index is 6.23. The highest BCUT2D eigenvalue weighted by molar-refractivity contribution is 6.35. The average molecular weight is 361 g/mol. The molecule has 4 heteroatoms. The summed E-state index contributed by atoms with van der Waals surface area (Å²) in [6, 6.07) is 25.5. The van der Waals surface area contributed by atoms with Crippen LogP contribution in [0.25, 0.3) is 10.9 Å². The molecule has 1 N–H and O–H groups in total. The summed E-state index contributed by atoms with van der Waals surface area (Å²) in [4.78, 5) is 4.59. The first-order valence-electron chi connectivity index (χ1n) is 8.34. The molecule has 4 rings (SSSR count). The largest absolute Gasteiger partial charge is 0.457 e. The fourth-order valence-corrected chi connectivity index (χ4v) is 2.90. The maximum atomic E-state index is 6.23. The van der Waals surface area contributed by atoms with E-state index in [1.54, 1.807) is 0 Å². The van der Waals surface area contributed by atoms with E-state index in [0.29, 0.717) is 5.02 Å². The number of ether oxygens (including phenoxy) is 1. The van der Waals surface area contributed by atoms with Crippen molar-refractivity contribution in [2.45, 2.75) is 6.92 Å². The Balaban J connectivity index is 1.50. The van der Waals surface area contributed by atoms with Crippen molar-refractivity contribution in [3.8, 4) is 11.5 Å². The lowest BCUT2D eigenvalue weighted by molar-refractivity contribution is 0.482. The molecule has 0 spiro atoms. The summed E-state index contributed by atoms with van der Waals surface area (Å²) in [6.07, 6.45) is 0. The standard InChI is InChI=1S/C22H17ClN2O/c1-15-5-10-18(11-6-15)26-19-12-8-17(9-13-19)24-21-14-7-16-3-2-4-20(23)22(16)25-21/h2-14H,1H3,(H,24,25). The predicted octanol–water partition coefficient (Wildman–Crippen LogP) is 6.73. The Bertz CT molecular complexity index is 1040. The zero-order valence-corrected chi connectivity index (χ0v) is 15.0. The van der Waals surface area contributed by atoms with Crippen LogP contribution in [0.1, 0.15) is 5.56 Å². The molecule has 4 aromatic rings. The number of aryl methyl sites for hydroxylation is 1. The van der Waals surface area contributed by atoms with Crippen LogP contribution in [-0.4, -0.2) is 4.98 Å². The van der Waals surface area contributed by atoms with Gasteiger partial charge in [0, 0.05) is 11.1 Å². The SMILES string of the molecule is Cc1ccc(Oc2ccc(Nc3ccc4cccc(Cl)c4n3)cc2)cc1. The molecular weight excluding hydrogens is 344 g/mol. The van der Waals surface area contributed by atoms with Crippen molar-refractivity contribution in [3.05, 3.63) is 89.4 Å². The van der Waals surface area contributed by atoms with Crippen LogP contribution < -0.4 is 10.1 Å². The lowest BCUT2D eigenvalue weighted by atomic mass is 10.2. The second-order valence-electron chi connectivity index (χ2n) is 6.07. The number of fused-ring (bicyclic) bond motifs is 1. The van der Waals surface area contributed by atoms with Crippen molar-refractivity contribution in [3.63, 3.8) is 0 Å². The number of pyridine rings is 1. The fraction of sp³-hybridized carbons (Fsp3) is 0.0455. The van der Waals surface area contributed by atoms with Crippen LogP contribution in [-0.2, 0) is 0 Å². The average Bonchev–Trinajstić information content (AvgIpc) is 2.66. The quantitative estimate of drug-likeness (QED) is 0.438. The Morgan fingerprint density at radius 2 is 1.50 bits per heavy atom. The molecule has 0 saturated heterocycles. The summed E-state index contributed by atoms with van der Waals surface area (Å²) in [5.41, 5.74) is 2.93. The summed E-state index contributed by atoms with van der Waals surface area (Å²) in [5, 5.41) is 4.96. The Labute approximate surface area is 157 Å². The van der Waals surface area contributed by atoms with Gasteiger partial charge in [0.05, 0.1) is 10.5 Å². The van der Waals surface area contributed by atoms with Gasteiger partial charge in [-0.1, -0.05) is 41.4 Å². The van der Waals surface area contributed by atoms with E-state index in [1.165, 1.54) is 5.56 Å². The highest BCUT2D eigenvalue weighted by Gasteiger charge is 2.03. The van der Waals surface area contributed by atoms with Gasteiger partial charge >= 0.3 is 0 Å². The van der Waals surface area contributed by atoms with E-state index in [-0.39, 0.29) is 0 Å². The lowest BCUT2D eigenvalue weighted by Gasteiger charge is -2.09. The number of aromatic nitrogens is 1. The smallest absolute Gasteiger partial charge is 0.131 e. The van der Waals surface area contributed by atoms with Crippen LogP contribution in [0.15, 0.2) is 78.9 Å². The molecule has 0 aliphatic heterocycles. The lowest BCUT2D eigenvalue weighted by Crippen LogP contribution is -1.94. The first-order valence-corrected chi connectivity index (χ1v) is 8.72. The van der Waals surface area contributed by atoms with E-state index in [4.69, 9.17) is 16.3 Å². The second kappa shape index (κ2) is 7.06. The summed E-state index contributed by atoms with van der Waals surface area (Å²) >= 11 is 6.23. The monoisotopic (exact) mass is 360 g/mol. The molecule has 1 aromatic heterocycles. The molecule has 3 aromatic carbocycles. The fourth-order valence-electron chi connectivity index (χ4n) is 2.68. The number of halogens is 1. The minimum Gasteiger partial charge on any atom is -0.457 e. The van der Waals surface area contributed by atoms with Crippen LogP contribution in [0.5, 0.6) is 11.5 Å². The first kappa shape index (κ1) is 16.4. The molecule has 0 amide bonds. The summed E-state index contributed by atoms with van der Waals surface area (Å²) in [6.45, 7) is 2.05. The minimum absolute atomic E-state index is 0.646. The molecule has 0 radical (unpaired) electrons. The van der Waals surface area contributed by atoms with Crippen molar-refractivity contribution in [2.75, 3.05) is 5.32 Å². The van der Waals surface area contributed by atoms with Gasteiger partial charge in [-0.3, -0.25) is 0 Å². The van der Waals surface area contributed by atoms with Crippen molar-refractivity contribution in [2.24, 2.45) is 0 Å². The van der Waals surface area contributed by atoms with Crippen molar-refractivity contribution >= 4 is 34.0 Å². The van der Waals surface area contributed by atoms with Gasteiger partial charge in [0.1, 0.15) is 17.3 Å². The highest BCUT2D eigenvalue weighted by atomic mass is 35.5. The topological polar surface area (TPSA) is 34.1 Å². The third kappa shape index (κ3) is 3.63. The number of para-hydroxylation sites is 1. The van der Waals surface area contributed by atoms with Gasteiger partial charge < -0.3 is 10.1 Å². The molecule has 0 aliphatic carbocycles. The minimum atomic E-state index is 0.646. The van der Waals surface area contributed by atoms with E-state index >= 15 is 0 Å². The van der Waals surface area contributed by atoms with Crippen LogP contribution in [0.4, 0.5) is 11.5 Å². The molecule has 0 saturated carbocycles. The van der Waals surface area contributed by atoms with E-state index in [0.717, 1.165) is 33.9 Å². The number of benzene rings is 3. The maximum Gasteiger partial charge on any atom is 0.131 e. The zero-order chi connectivity index (χ0) is 17.9. The van der Waals surface area contributed by atoms with E-state index < -0.39 is 0 Å². The number of rotatable bonds is 4. The Kier molecular flexibility index (Phi) is 4.46. The van der Waals surface area contributed by atoms with Gasteiger partial charge in [-0.05, 0) is 61.5 Å². The molecule has 0 fully saturated rings. The molecule has 0 unspecified atom stereocenters. The van der Waals surface area contributed by atoms with E-state index in [9.17, 15) is 0 Å². The van der Waals surface area contributed by atoms with Gasteiger partial charge in [0.15, 0.2) is 0 Å². The number of anilines is 2. The van der Waals surface area contributed by atoms with Gasteiger partial charge in [0.2, 0.25) is 0 Å². The summed E-state index contributed by atoms with van der Waals surface area (Å²) in [5.74, 6) is 2.36. The summed E-state index contributed by atoms with van der Waals surface area (Å²) < 4.78 is 5.85. The van der Waals surface area contributed by atoms with Crippen LogP contribution in [0, 0.1) is 6.92 Å². The molecule has 128 valence electrons. The van der Waals surface area contributed by atoms with Gasteiger partial charge in [-0.2, -0.15) is 0 Å². The number of nitrogens with one attached hydrogen (secondary N) is 1. The van der Waals surface area contributed by atoms with Gasteiger partial charge in [-0.25, -0.2) is 4.98 Å². The van der Waals surface area contributed by atoms with Crippen LogP contribution in [0.2, 0.25) is 5.02 Å². The van der Waals surface area contributed by atoms with Crippen molar-refractivity contribution in [1.82, 2.24) is 4.98 Å². The third-order valence-corrected chi connectivity index (χ3v) is 4.36. The third-order valence-electron chi connectivity index (χ3n) is 4.05. The van der Waals surface area contributed by atoms with E-state index in [2.05, 4.69) is 17.2 Å². The molecular formula is C22H17ClN2O. The van der Waals surface area contributed by atoms with Crippen LogP contribution >= 0.6 is 11.6 Å². The molecule has 0 bridgehead atoms. The Morgan fingerprint density at radius 3 is 2.23 bits per heavy atom. The van der Waals surface area contributed by atoms with Gasteiger partial charge in [0.25, 0.3) is 0 Å². The van der Waals surface area contributed by atoms with Crippen LogP contribution in [0.3, 0.4) is 0 Å². The predicted molar refractivity (Wildman–Crippen MR) is 108 cm³/mol. The first-order chi connectivity index (χ1) is 12.7. The second-order valence-corrected chi connectivity index (χ2v) is 6.48.